The molecule has 0 aliphatic rings. The van der Waals surface area contributed by atoms with Crippen LogP contribution in [0.1, 0.15) is 25.8 Å². The first-order valence-electron chi connectivity index (χ1n) is 5.95. The molecular weight excluding hydrogens is 250 g/mol. The van der Waals surface area contributed by atoms with Crippen LogP contribution in [0.5, 0.6) is 0 Å². The molecule has 0 radical (unpaired) electrons. The lowest BCUT2D eigenvalue weighted by Crippen LogP contribution is -2.39. The summed E-state index contributed by atoms with van der Waals surface area (Å²) in [5.41, 5.74) is 1.00. The van der Waals surface area contributed by atoms with Gasteiger partial charge in [0.05, 0.1) is 4.90 Å². The van der Waals surface area contributed by atoms with Crippen molar-refractivity contribution in [2.45, 2.75) is 38.1 Å². The standard InChI is InChI=1S/C13H19NO3S/c1-4-13(11(3)9-15)14-18(16,17)12-7-5-10(2)6-8-12/h5-9,11,13-14H,4H2,1-3H3/t11-,13-/m0/s1. The number of rotatable bonds is 6. The van der Waals surface area contributed by atoms with Gasteiger partial charge in [0, 0.05) is 12.0 Å². The van der Waals surface area contributed by atoms with E-state index < -0.39 is 10.0 Å². The lowest BCUT2D eigenvalue weighted by Gasteiger charge is -2.19. The predicted octanol–water partition coefficient (Wildman–Crippen LogP) is 1.89. The second-order valence-electron chi connectivity index (χ2n) is 4.44. The highest BCUT2D eigenvalue weighted by Crippen LogP contribution is 2.13. The molecule has 1 rings (SSSR count). The molecule has 4 nitrogen and oxygen atoms in total. The van der Waals surface area contributed by atoms with Gasteiger partial charge in [-0.05, 0) is 25.5 Å². The zero-order chi connectivity index (χ0) is 13.8. The van der Waals surface area contributed by atoms with Gasteiger partial charge in [-0.1, -0.05) is 31.5 Å². The molecule has 0 amide bonds. The van der Waals surface area contributed by atoms with E-state index in [1.807, 2.05) is 13.8 Å². The van der Waals surface area contributed by atoms with Gasteiger partial charge in [-0.2, -0.15) is 0 Å². The van der Waals surface area contributed by atoms with E-state index >= 15 is 0 Å². The Kier molecular flexibility index (Phi) is 5.04. The third-order valence-corrected chi connectivity index (χ3v) is 4.43. The largest absolute Gasteiger partial charge is 0.303 e. The molecule has 0 aliphatic heterocycles. The number of carbonyl (C=O) groups is 1. The first-order chi connectivity index (χ1) is 8.40. The molecule has 0 spiro atoms. The van der Waals surface area contributed by atoms with Gasteiger partial charge in [-0.25, -0.2) is 13.1 Å². The van der Waals surface area contributed by atoms with Crippen LogP contribution in [0.4, 0.5) is 0 Å². The van der Waals surface area contributed by atoms with Crippen molar-refractivity contribution in [3.8, 4) is 0 Å². The Morgan fingerprint density at radius 1 is 1.28 bits per heavy atom. The molecule has 0 aliphatic carbocycles. The highest BCUT2D eigenvalue weighted by atomic mass is 32.2. The molecule has 0 unspecified atom stereocenters. The summed E-state index contributed by atoms with van der Waals surface area (Å²) in [7, 11) is -3.55. The van der Waals surface area contributed by atoms with Crippen LogP contribution in [0.2, 0.25) is 0 Å². The van der Waals surface area contributed by atoms with Crippen molar-refractivity contribution in [1.29, 1.82) is 0 Å². The third-order valence-electron chi connectivity index (χ3n) is 2.93. The van der Waals surface area contributed by atoms with Gasteiger partial charge in [-0.3, -0.25) is 0 Å². The van der Waals surface area contributed by atoms with Crippen molar-refractivity contribution in [2.75, 3.05) is 0 Å². The fourth-order valence-electron chi connectivity index (χ4n) is 1.64. The van der Waals surface area contributed by atoms with E-state index in [4.69, 9.17) is 0 Å². The van der Waals surface area contributed by atoms with Gasteiger partial charge >= 0.3 is 0 Å². The van der Waals surface area contributed by atoms with Crippen LogP contribution in [0.3, 0.4) is 0 Å². The molecule has 18 heavy (non-hydrogen) atoms. The molecule has 0 fully saturated rings. The molecule has 0 aromatic heterocycles. The summed E-state index contributed by atoms with van der Waals surface area (Å²) in [5.74, 6) is -0.338. The van der Waals surface area contributed by atoms with Crippen LogP contribution in [0.25, 0.3) is 0 Å². The van der Waals surface area contributed by atoms with Crippen LogP contribution < -0.4 is 4.72 Å². The van der Waals surface area contributed by atoms with Gasteiger partial charge in [-0.15, -0.1) is 0 Å². The fraction of sp³-hybridized carbons (Fsp3) is 0.462. The van der Waals surface area contributed by atoms with Crippen molar-refractivity contribution >= 4 is 16.3 Å². The molecule has 0 saturated heterocycles. The Labute approximate surface area is 108 Å². The summed E-state index contributed by atoms with van der Waals surface area (Å²) in [6.45, 7) is 5.45. The molecule has 1 aromatic rings. The van der Waals surface area contributed by atoms with E-state index in [-0.39, 0.29) is 16.9 Å². The molecule has 5 heteroatoms. The second kappa shape index (κ2) is 6.11. The first kappa shape index (κ1) is 14.9. The number of hydrogen-bond donors (Lipinski definition) is 1. The Hall–Kier alpha value is -1.20. The van der Waals surface area contributed by atoms with Crippen LogP contribution >= 0.6 is 0 Å². The third kappa shape index (κ3) is 3.65. The number of aldehydes is 1. The van der Waals surface area contributed by atoms with Crippen molar-refractivity contribution < 1.29 is 13.2 Å². The number of nitrogens with one attached hydrogen (secondary N) is 1. The molecule has 0 heterocycles. The Morgan fingerprint density at radius 3 is 2.28 bits per heavy atom. The maximum Gasteiger partial charge on any atom is 0.240 e. The summed E-state index contributed by atoms with van der Waals surface area (Å²) in [6.07, 6.45) is 1.34. The summed E-state index contributed by atoms with van der Waals surface area (Å²) in [6, 6.07) is 6.26. The van der Waals surface area contributed by atoms with Gasteiger partial charge in [0.25, 0.3) is 0 Å². The van der Waals surface area contributed by atoms with Gasteiger partial charge in [0.2, 0.25) is 10.0 Å². The maximum atomic E-state index is 12.1. The molecule has 0 bridgehead atoms. The minimum atomic E-state index is -3.55. The average molecular weight is 269 g/mol. The van der Waals surface area contributed by atoms with Crippen LogP contribution in [-0.2, 0) is 14.8 Å². The van der Waals surface area contributed by atoms with E-state index in [0.717, 1.165) is 11.8 Å². The van der Waals surface area contributed by atoms with Gasteiger partial charge in [0.1, 0.15) is 6.29 Å². The lowest BCUT2D eigenvalue weighted by molar-refractivity contribution is -0.111. The molecule has 100 valence electrons. The first-order valence-corrected chi connectivity index (χ1v) is 7.43. The normalized spacial score (nSPS) is 15.1. The maximum absolute atomic E-state index is 12.1. The van der Waals surface area contributed by atoms with E-state index in [9.17, 15) is 13.2 Å². The number of aryl methyl sites for hydroxylation is 1. The average Bonchev–Trinajstić information content (AvgIpc) is 2.35. The highest BCUT2D eigenvalue weighted by Gasteiger charge is 2.22. The van der Waals surface area contributed by atoms with Crippen molar-refractivity contribution in [1.82, 2.24) is 4.72 Å². The molecule has 1 N–H and O–H groups in total. The number of benzene rings is 1. The van der Waals surface area contributed by atoms with E-state index in [1.54, 1.807) is 31.2 Å². The van der Waals surface area contributed by atoms with Gasteiger partial charge < -0.3 is 4.79 Å². The fourth-order valence-corrected chi connectivity index (χ4v) is 3.05. The second-order valence-corrected chi connectivity index (χ2v) is 6.16. The summed E-state index contributed by atoms with van der Waals surface area (Å²) in [5, 5.41) is 0. The predicted molar refractivity (Wildman–Crippen MR) is 70.8 cm³/mol. The van der Waals surface area contributed by atoms with Gasteiger partial charge in [0.15, 0.2) is 0 Å². The number of sulfonamides is 1. The Balaban J connectivity index is 2.93. The van der Waals surface area contributed by atoms with Crippen molar-refractivity contribution in [2.24, 2.45) is 5.92 Å². The van der Waals surface area contributed by atoms with Crippen LogP contribution in [-0.4, -0.2) is 20.7 Å². The highest BCUT2D eigenvalue weighted by molar-refractivity contribution is 7.89. The van der Waals surface area contributed by atoms with E-state index in [1.165, 1.54) is 0 Å². The minimum Gasteiger partial charge on any atom is -0.303 e. The topological polar surface area (TPSA) is 63.2 Å². The van der Waals surface area contributed by atoms with Crippen LogP contribution in [0.15, 0.2) is 29.2 Å². The molecule has 0 saturated carbocycles. The molecule has 1 aromatic carbocycles. The minimum absolute atomic E-state index is 0.227. The smallest absolute Gasteiger partial charge is 0.240 e. The molecular formula is C13H19NO3S. The monoisotopic (exact) mass is 269 g/mol. The van der Waals surface area contributed by atoms with Crippen molar-refractivity contribution in [3.63, 3.8) is 0 Å². The lowest BCUT2D eigenvalue weighted by atomic mass is 10.0. The number of carbonyl (C=O) groups excluding carboxylic acids is 1. The Bertz CT molecular complexity index is 493. The summed E-state index contributed by atoms with van der Waals surface area (Å²) < 4.78 is 26.8. The van der Waals surface area contributed by atoms with Crippen molar-refractivity contribution in [3.05, 3.63) is 29.8 Å². The number of hydrogen-bond acceptors (Lipinski definition) is 3. The SMILES string of the molecule is CC[C@H](NS(=O)(=O)c1ccc(C)cc1)[C@@H](C)C=O. The van der Waals surface area contributed by atoms with E-state index in [2.05, 4.69) is 4.72 Å². The quantitative estimate of drug-likeness (QED) is 0.802. The summed E-state index contributed by atoms with van der Waals surface area (Å²) >= 11 is 0. The van der Waals surface area contributed by atoms with E-state index in [0.29, 0.717) is 6.42 Å². The van der Waals surface area contributed by atoms with Crippen LogP contribution in [0, 0.1) is 12.8 Å². The Morgan fingerprint density at radius 2 is 1.83 bits per heavy atom. The zero-order valence-electron chi connectivity index (χ0n) is 10.9. The zero-order valence-corrected chi connectivity index (χ0v) is 11.7. The summed E-state index contributed by atoms with van der Waals surface area (Å²) in [4.78, 5) is 11.0. The molecule has 2 atom stereocenters.